The molecule has 3 aromatic carbocycles. The van der Waals surface area contributed by atoms with Crippen molar-refractivity contribution in [3.8, 4) is 0 Å². The Morgan fingerprint density at radius 3 is 2.66 bits per heavy atom. The van der Waals surface area contributed by atoms with Crippen molar-refractivity contribution in [1.29, 1.82) is 0 Å². The lowest BCUT2D eigenvalue weighted by atomic mass is 9.75. The van der Waals surface area contributed by atoms with Crippen molar-refractivity contribution < 1.29 is 18.8 Å². The van der Waals surface area contributed by atoms with Crippen LogP contribution >= 0.6 is 23.4 Å². The number of amides is 2. The number of hydrogen-bond acceptors (Lipinski definition) is 5. The van der Waals surface area contributed by atoms with Crippen LogP contribution in [-0.4, -0.2) is 48.2 Å². The lowest BCUT2D eigenvalue weighted by Crippen LogP contribution is -2.39. The van der Waals surface area contributed by atoms with Gasteiger partial charge in [-0.15, -0.1) is 11.8 Å². The Labute approximate surface area is 268 Å². The molecule has 2 heterocycles. The molecule has 232 valence electrons. The van der Waals surface area contributed by atoms with Crippen molar-refractivity contribution in [2.45, 2.75) is 55.1 Å². The molecule has 2 N–H and O–H groups in total. The average Bonchev–Trinajstić information content (AvgIpc) is 3.17. The van der Waals surface area contributed by atoms with Crippen molar-refractivity contribution >= 4 is 40.9 Å². The highest BCUT2D eigenvalue weighted by molar-refractivity contribution is 8.00. The van der Waals surface area contributed by atoms with Gasteiger partial charge in [-0.25, -0.2) is 9.87 Å². The molecule has 6 rings (SSSR count). The summed E-state index contributed by atoms with van der Waals surface area (Å²) in [5.41, 5.74) is 5.79. The van der Waals surface area contributed by atoms with E-state index in [0.29, 0.717) is 35.2 Å². The molecule has 3 atom stereocenters. The van der Waals surface area contributed by atoms with Gasteiger partial charge in [0.05, 0.1) is 18.2 Å². The van der Waals surface area contributed by atoms with Crippen LogP contribution in [0.4, 0.5) is 10.1 Å². The van der Waals surface area contributed by atoms with Crippen molar-refractivity contribution in [3.63, 3.8) is 0 Å². The molecule has 44 heavy (non-hydrogen) atoms. The monoisotopic (exact) mass is 635 g/mol. The highest BCUT2D eigenvalue weighted by Crippen LogP contribution is 2.47. The number of rotatable bonds is 9. The first-order chi connectivity index (χ1) is 21.4. The van der Waals surface area contributed by atoms with E-state index < -0.39 is 0 Å². The molecule has 1 aliphatic carbocycles. The number of halogens is 2. The second kappa shape index (κ2) is 14.5. The van der Waals surface area contributed by atoms with E-state index in [1.807, 2.05) is 6.07 Å². The van der Waals surface area contributed by atoms with Gasteiger partial charge in [0.25, 0.3) is 5.91 Å². The van der Waals surface area contributed by atoms with E-state index in [1.165, 1.54) is 30.5 Å². The molecule has 1 unspecified atom stereocenters. The summed E-state index contributed by atoms with van der Waals surface area (Å²) in [5.74, 6) is -0.181. The number of nitrogens with one attached hydrogen (secondary N) is 2. The van der Waals surface area contributed by atoms with Crippen LogP contribution in [-0.2, 0) is 22.5 Å². The maximum atomic E-state index is 13.9. The van der Waals surface area contributed by atoms with Gasteiger partial charge in [0.15, 0.2) is 0 Å². The predicted molar refractivity (Wildman–Crippen MR) is 173 cm³/mol. The van der Waals surface area contributed by atoms with Crippen LogP contribution in [0.25, 0.3) is 0 Å². The number of anilines is 1. The Morgan fingerprint density at radius 2 is 1.84 bits per heavy atom. The van der Waals surface area contributed by atoms with E-state index in [0.717, 1.165) is 55.8 Å². The minimum absolute atomic E-state index is 0.0557. The number of carbonyl (C=O) groups excluding carboxylic acids is 2. The summed E-state index contributed by atoms with van der Waals surface area (Å²) in [4.78, 5) is 35.4. The van der Waals surface area contributed by atoms with Gasteiger partial charge in [0.2, 0.25) is 5.91 Å². The van der Waals surface area contributed by atoms with E-state index in [1.54, 1.807) is 30.0 Å². The lowest BCUT2D eigenvalue weighted by Gasteiger charge is -2.35. The minimum atomic E-state index is -0.339. The number of likely N-dealkylation sites (tertiary alicyclic amines) is 1. The first-order valence-electron chi connectivity index (χ1n) is 15.7. The fourth-order valence-corrected chi connectivity index (χ4v) is 8.61. The Morgan fingerprint density at radius 1 is 1.02 bits per heavy atom. The van der Waals surface area contributed by atoms with Crippen LogP contribution in [0, 0.1) is 23.6 Å². The van der Waals surface area contributed by atoms with Gasteiger partial charge < -0.3 is 10.2 Å². The van der Waals surface area contributed by atoms with Gasteiger partial charge in [-0.2, -0.15) is 0 Å². The zero-order chi connectivity index (χ0) is 30.5. The summed E-state index contributed by atoms with van der Waals surface area (Å²) < 4.78 is 13.9. The maximum absolute atomic E-state index is 13.9. The third-order valence-corrected chi connectivity index (χ3v) is 11.1. The SMILES string of the molecule is O=C(NOCCN1CCC(Cc2ccccc2)CC1)c1ccc2c(c1)NC(=O)[C@@H]1C(Cc3cc(F)ccc3Cl)CCC[C@@H]1S2. The largest absolute Gasteiger partial charge is 0.325 e. The molecule has 0 spiro atoms. The van der Waals surface area contributed by atoms with Crippen molar-refractivity contribution in [2.24, 2.45) is 17.8 Å². The van der Waals surface area contributed by atoms with Gasteiger partial charge >= 0.3 is 0 Å². The average molecular weight is 636 g/mol. The quantitative estimate of drug-likeness (QED) is 0.193. The smallest absolute Gasteiger partial charge is 0.274 e. The molecule has 0 aromatic heterocycles. The first kappa shape index (κ1) is 31.1. The minimum Gasteiger partial charge on any atom is -0.325 e. The fraction of sp³-hybridized carbons (Fsp3) is 0.429. The number of hydroxylamine groups is 1. The van der Waals surface area contributed by atoms with Crippen LogP contribution in [0.1, 0.15) is 53.6 Å². The summed E-state index contributed by atoms with van der Waals surface area (Å²) in [7, 11) is 0. The van der Waals surface area contributed by atoms with Crippen LogP contribution in [0.5, 0.6) is 0 Å². The number of fused-ring (bicyclic) bond motifs is 2. The van der Waals surface area contributed by atoms with E-state index in [9.17, 15) is 14.0 Å². The number of thioether (sulfide) groups is 1. The Hall–Kier alpha value is -2.91. The third-order valence-electron chi connectivity index (χ3n) is 9.29. The van der Waals surface area contributed by atoms with E-state index in [4.69, 9.17) is 16.4 Å². The molecule has 3 aliphatic rings. The zero-order valence-corrected chi connectivity index (χ0v) is 26.3. The van der Waals surface area contributed by atoms with E-state index in [2.05, 4.69) is 46.0 Å². The van der Waals surface area contributed by atoms with E-state index in [-0.39, 0.29) is 34.7 Å². The highest BCUT2D eigenvalue weighted by Gasteiger charge is 2.41. The molecule has 9 heteroatoms. The second-order valence-electron chi connectivity index (χ2n) is 12.3. The van der Waals surface area contributed by atoms with Crippen molar-refractivity contribution in [1.82, 2.24) is 10.4 Å². The van der Waals surface area contributed by atoms with Gasteiger partial charge in [-0.3, -0.25) is 14.4 Å². The molecule has 2 amide bonds. The van der Waals surface area contributed by atoms with Gasteiger partial charge in [0, 0.05) is 27.3 Å². The fourth-order valence-electron chi connectivity index (χ4n) is 6.93. The third kappa shape index (κ3) is 7.65. The predicted octanol–water partition coefficient (Wildman–Crippen LogP) is 7.17. The number of piperidine rings is 1. The van der Waals surface area contributed by atoms with Gasteiger partial charge in [-0.1, -0.05) is 48.4 Å². The molecule has 0 bridgehead atoms. The lowest BCUT2D eigenvalue weighted by molar-refractivity contribution is -0.122. The summed E-state index contributed by atoms with van der Waals surface area (Å²) in [6.07, 6.45) is 6.83. The van der Waals surface area contributed by atoms with E-state index >= 15 is 0 Å². The highest BCUT2D eigenvalue weighted by atomic mass is 35.5. The van der Waals surface area contributed by atoms with Crippen LogP contribution in [0.3, 0.4) is 0 Å². The second-order valence-corrected chi connectivity index (χ2v) is 14.0. The van der Waals surface area contributed by atoms with Crippen LogP contribution in [0.2, 0.25) is 5.02 Å². The normalized spacial score (nSPS) is 22.4. The maximum Gasteiger partial charge on any atom is 0.274 e. The van der Waals surface area contributed by atoms with Crippen molar-refractivity contribution in [3.05, 3.63) is 94.3 Å². The Bertz CT molecular complexity index is 1470. The Kier molecular flexibility index (Phi) is 10.2. The van der Waals surface area contributed by atoms with Crippen LogP contribution in [0.15, 0.2) is 71.6 Å². The van der Waals surface area contributed by atoms with Crippen molar-refractivity contribution in [2.75, 3.05) is 31.6 Å². The van der Waals surface area contributed by atoms with Gasteiger partial charge in [-0.05, 0) is 111 Å². The molecule has 0 radical (unpaired) electrons. The molecule has 1 saturated heterocycles. The summed E-state index contributed by atoms with van der Waals surface area (Å²) in [6.45, 7) is 3.25. The Balaban J connectivity index is 0.993. The molecule has 3 aromatic rings. The molecule has 1 saturated carbocycles. The number of nitrogens with zero attached hydrogens (tertiary/aromatic N) is 1. The topological polar surface area (TPSA) is 70.7 Å². The zero-order valence-electron chi connectivity index (χ0n) is 24.8. The molecular weight excluding hydrogens is 597 g/mol. The number of carbonyl (C=O) groups is 2. The number of hydrogen-bond donors (Lipinski definition) is 2. The number of benzene rings is 3. The van der Waals surface area contributed by atoms with Crippen LogP contribution < -0.4 is 10.8 Å². The summed E-state index contributed by atoms with van der Waals surface area (Å²) in [6, 6.07) is 20.5. The summed E-state index contributed by atoms with van der Waals surface area (Å²) >= 11 is 8.06. The molecular formula is C35H39ClFN3O3S. The summed E-state index contributed by atoms with van der Waals surface area (Å²) in [5, 5.41) is 3.73. The molecule has 2 fully saturated rings. The first-order valence-corrected chi connectivity index (χ1v) is 16.9. The molecule has 6 nitrogen and oxygen atoms in total. The standard InChI is InChI=1S/C35H39ClFN3O3S/c36-29-11-10-28(37)21-27(29)20-25-7-4-8-32-33(25)35(42)38-30-22-26(9-12-31(30)44-32)34(41)39-43-18-17-40-15-13-24(14-16-40)19-23-5-2-1-3-6-23/h1-3,5-6,9-12,21-22,24-25,32-33H,4,7-8,13-20H2,(H,38,42)(H,39,41)/t25?,32-,33+/m0/s1. The van der Waals surface area contributed by atoms with Gasteiger partial charge in [0.1, 0.15) is 5.82 Å². The molecule has 2 aliphatic heterocycles.